The zero-order chi connectivity index (χ0) is 12.1. The predicted octanol–water partition coefficient (Wildman–Crippen LogP) is -2.49. The first kappa shape index (κ1) is 20.9. The number of hydrogen-bond donors (Lipinski definition) is 0. The largest absolute Gasteiger partial charge is 1.00 e. The smallest absolute Gasteiger partial charge is 0.0135 e. The molecule has 1 atom stereocenters. The first-order chi connectivity index (χ1) is 7.65. The molecule has 1 aliphatic rings. The molecule has 1 unspecified atom stereocenters. The molecule has 0 saturated heterocycles. The molecule has 0 fully saturated rings. The van der Waals surface area contributed by atoms with E-state index < -0.39 is 0 Å². The van der Waals surface area contributed by atoms with Crippen LogP contribution in [0.25, 0.3) is 6.08 Å². The molecular formula is C14H21Cl2SiZr. The van der Waals surface area contributed by atoms with E-state index >= 15 is 0 Å². The second-order valence-corrected chi connectivity index (χ2v) is 7.14. The fourth-order valence-corrected chi connectivity index (χ4v) is 2.75. The molecule has 0 aliphatic heterocycles. The minimum Gasteiger partial charge on any atom is -1.00 e. The molecular weight excluding hydrogens is 358 g/mol. The summed E-state index contributed by atoms with van der Waals surface area (Å²) in [6.07, 6.45) is 3.52. The number of benzene rings is 1. The maximum atomic E-state index is 2.37. The summed E-state index contributed by atoms with van der Waals surface area (Å²) < 4.78 is 0.716. The van der Waals surface area contributed by atoms with Crippen molar-refractivity contribution in [2.75, 3.05) is 0 Å². The number of allylic oxidation sites excluding steroid dienone is 1. The Bertz CT molecular complexity index is 391. The number of aryl methyl sites for hydroxylation is 1. The zero-order valence-corrected chi connectivity index (χ0v) is 16.9. The van der Waals surface area contributed by atoms with Crippen LogP contribution in [-0.2, 0) is 31.1 Å². The van der Waals surface area contributed by atoms with E-state index in [0.29, 0.717) is 13.1 Å². The second kappa shape index (κ2) is 10.4. The Balaban J connectivity index is 0. The van der Waals surface area contributed by atoms with E-state index in [-0.39, 0.29) is 24.8 Å². The molecule has 0 saturated carbocycles. The van der Waals surface area contributed by atoms with Gasteiger partial charge in [-0.2, -0.15) is 0 Å². The molecule has 0 spiro atoms. The third-order valence-electron chi connectivity index (χ3n) is 2.75. The number of hydrogen-bond acceptors (Lipinski definition) is 0. The van der Waals surface area contributed by atoms with E-state index in [0.717, 1.165) is 6.42 Å². The van der Waals surface area contributed by atoms with Crippen LogP contribution in [0.2, 0.25) is 13.1 Å². The van der Waals surface area contributed by atoms with Gasteiger partial charge in [0.25, 0.3) is 0 Å². The minimum atomic E-state index is 0. The van der Waals surface area contributed by atoms with Gasteiger partial charge >= 0.3 is 95.2 Å². The van der Waals surface area contributed by atoms with Crippen LogP contribution in [0.4, 0.5) is 0 Å². The van der Waals surface area contributed by atoms with E-state index in [4.69, 9.17) is 0 Å². The molecule has 0 amide bonds. The monoisotopic (exact) mass is 377 g/mol. The topological polar surface area (TPSA) is 0 Å². The van der Waals surface area contributed by atoms with Crippen LogP contribution in [0, 0.1) is 0 Å². The van der Waals surface area contributed by atoms with Gasteiger partial charge in [-0.3, -0.25) is 0 Å². The van der Waals surface area contributed by atoms with Crippen molar-refractivity contribution in [2.24, 2.45) is 0 Å². The van der Waals surface area contributed by atoms with Crippen LogP contribution in [-0.4, -0.2) is 9.52 Å². The van der Waals surface area contributed by atoms with Crippen molar-refractivity contribution in [3.63, 3.8) is 0 Å². The van der Waals surface area contributed by atoms with E-state index in [9.17, 15) is 0 Å². The van der Waals surface area contributed by atoms with Gasteiger partial charge in [0.05, 0.1) is 0 Å². The normalized spacial score (nSPS) is 15.4. The van der Waals surface area contributed by atoms with Crippen LogP contribution in [0.15, 0.2) is 23.8 Å². The standard InChI is InChI=1S/C12H13.C2H8Si.2ClH.Zr/c1-3-10-5-4-6-11-7-9(2)8-12(10)11;1-3-2;;;/h4-8H,3H2,1-2H3;3H2,1-2H3;2*1H;/q;;;;+2/p-2. The molecule has 0 aromatic heterocycles. The summed E-state index contributed by atoms with van der Waals surface area (Å²) in [7, 11) is 0.417. The van der Waals surface area contributed by atoms with Crippen LogP contribution in [0.1, 0.15) is 34.2 Å². The quantitative estimate of drug-likeness (QED) is 0.474. The van der Waals surface area contributed by atoms with Gasteiger partial charge in [0, 0.05) is 9.52 Å². The first-order valence-electron chi connectivity index (χ1n) is 6.16. The van der Waals surface area contributed by atoms with Gasteiger partial charge < -0.3 is 24.8 Å². The Labute approximate surface area is 142 Å². The Hall–Kier alpha value is 0.640. The molecule has 4 heteroatoms. The van der Waals surface area contributed by atoms with Crippen molar-refractivity contribution in [3.8, 4) is 0 Å². The summed E-state index contributed by atoms with van der Waals surface area (Å²) in [5, 5.41) is 0. The van der Waals surface area contributed by atoms with Gasteiger partial charge in [-0.25, -0.2) is 0 Å². The van der Waals surface area contributed by atoms with Crippen LogP contribution in [0.5, 0.6) is 0 Å². The average Bonchev–Trinajstić information content (AvgIpc) is 2.56. The molecule has 0 nitrogen and oxygen atoms in total. The molecule has 2 rings (SSSR count). The number of fused-ring (bicyclic) bond motifs is 1. The minimum absolute atomic E-state index is 0. The third kappa shape index (κ3) is 4.96. The summed E-state index contributed by atoms with van der Waals surface area (Å²) in [4.78, 5) is 0. The Morgan fingerprint density at radius 1 is 1.22 bits per heavy atom. The Morgan fingerprint density at radius 3 is 2.28 bits per heavy atom. The van der Waals surface area contributed by atoms with Gasteiger partial charge in [0.2, 0.25) is 0 Å². The zero-order valence-electron chi connectivity index (χ0n) is 11.6. The third-order valence-corrected chi connectivity index (χ3v) is 4.63. The SMILES string of the molecule is CCc1cccc2c1C=C(C)[CH]2[Zr+2].C[SiH2]C.[Cl-].[Cl-]. The van der Waals surface area contributed by atoms with E-state index in [1.54, 1.807) is 30.3 Å². The summed E-state index contributed by atoms with van der Waals surface area (Å²) in [5.41, 5.74) is 6.09. The van der Waals surface area contributed by atoms with Gasteiger partial charge in [-0.05, 0) is 0 Å². The number of rotatable bonds is 1. The van der Waals surface area contributed by atoms with Gasteiger partial charge in [0.15, 0.2) is 0 Å². The van der Waals surface area contributed by atoms with Crippen molar-refractivity contribution in [1.29, 1.82) is 0 Å². The fourth-order valence-electron chi connectivity index (χ4n) is 1.93. The molecule has 1 aromatic carbocycles. The van der Waals surface area contributed by atoms with Crippen molar-refractivity contribution < 1.29 is 49.5 Å². The molecule has 1 aliphatic carbocycles. The summed E-state index contributed by atoms with van der Waals surface area (Å²) >= 11 is 1.61. The van der Waals surface area contributed by atoms with Crippen molar-refractivity contribution in [1.82, 2.24) is 0 Å². The Kier molecular flexibility index (Phi) is 12.1. The molecule has 0 bridgehead atoms. The predicted molar refractivity (Wildman–Crippen MR) is 72.5 cm³/mol. The Morgan fingerprint density at radius 2 is 1.78 bits per heavy atom. The second-order valence-electron chi connectivity index (χ2n) is 4.30. The maximum absolute atomic E-state index is 2.37. The molecule has 0 N–H and O–H groups in total. The molecule has 18 heavy (non-hydrogen) atoms. The van der Waals surface area contributed by atoms with Crippen molar-refractivity contribution in [3.05, 3.63) is 40.5 Å². The van der Waals surface area contributed by atoms with E-state index in [2.05, 4.69) is 51.2 Å². The first-order valence-corrected chi connectivity index (χ1v) is 10.4. The van der Waals surface area contributed by atoms with E-state index in [1.807, 2.05) is 0 Å². The van der Waals surface area contributed by atoms with Gasteiger partial charge in [-0.1, -0.05) is 13.1 Å². The number of halogens is 2. The summed E-state index contributed by atoms with van der Waals surface area (Å²) in [5.74, 6) is 0. The summed E-state index contributed by atoms with van der Waals surface area (Å²) in [6, 6.07) is 6.72. The van der Waals surface area contributed by atoms with Crippen LogP contribution in [0.3, 0.4) is 0 Å². The molecule has 1 aromatic rings. The van der Waals surface area contributed by atoms with Crippen LogP contribution < -0.4 is 24.8 Å². The fraction of sp³-hybridized carbons (Fsp3) is 0.429. The molecule has 0 heterocycles. The van der Waals surface area contributed by atoms with E-state index in [1.165, 1.54) is 16.7 Å². The van der Waals surface area contributed by atoms with Gasteiger partial charge in [-0.15, -0.1) is 0 Å². The molecule has 0 radical (unpaired) electrons. The van der Waals surface area contributed by atoms with Gasteiger partial charge in [0.1, 0.15) is 0 Å². The van der Waals surface area contributed by atoms with Crippen molar-refractivity contribution in [2.45, 2.75) is 37.0 Å². The average molecular weight is 380 g/mol. The van der Waals surface area contributed by atoms with Crippen molar-refractivity contribution >= 4 is 15.6 Å². The molecule has 99 valence electrons. The maximum Gasteiger partial charge on any atom is 0.0135 e. The summed E-state index contributed by atoms with van der Waals surface area (Å²) in [6.45, 7) is 9.01. The van der Waals surface area contributed by atoms with Crippen LogP contribution >= 0.6 is 0 Å².